The van der Waals surface area contributed by atoms with E-state index in [2.05, 4.69) is 28.6 Å². The second-order valence-electron chi connectivity index (χ2n) is 4.46. The topological polar surface area (TPSA) is 31.0 Å². The summed E-state index contributed by atoms with van der Waals surface area (Å²) in [5.74, 6) is 1.81. The number of aromatic nitrogens is 2. The monoisotopic (exact) mass is 252 g/mol. The van der Waals surface area contributed by atoms with Crippen LogP contribution in [0.2, 0.25) is 0 Å². The lowest BCUT2D eigenvalue weighted by atomic mass is 10.3. The molecule has 0 N–H and O–H groups in total. The molecule has 0 aliphatic heterocycles. The molecule has 3 nitrogen and oxygen atoms in total. The van der Waals surface area contributed by atoms with Crippen molar-refractivity contribution in [1.29, 1.82) is 0 Å². The van der Waals surface area contributed by atoms with Gasteiger partial charge in [-0.1, -0.05) is 19.1 Å². The lowest BCUT2D eigenvalue weighted by Gasteiger charge is -2.04. The third-order valence-electron chi connectivity index (χ3n) is 3.07. The van der Waals surface area contributed by atoms with Gasteiger partial charge in [0.05, 0.1) is 17.3 Å². The van der Waals surface area contributed by atoms with Crippen LogP contribution in [0.3, 0.4) is 0 Å². The first-order chi connectivity index (χ1) is 9.38. The van der Waals surface area contributed by atoms with Gasteiger partial charge in [-0.05, 0) is 42.8 Å². The van der Waals surface area contributed by atoms with Crippen molar-refractivity contribution in [1.82, 2.24) is 9.55 Å². The van der Waals surface area contributed by atoms with Gasteiger partial charge in [-0.2, -0.15) is 0 Å². The molecule has 0 fully saturated rings. The molecule has 3 rings (SSSR count). The van der Waals surface area contributed by atoms with E-state index in [1.807, 2.05) is 36.4 Å². The van der Waals surface area contributed by atoms with Crippen LogP contribution in [0, 0.1) is 0 Å². The third kappa shape index (κ3) is 2.32. The average molecular weight is 252 g/mol. The van der Waals surface area contributed by atoms with Crippen molar-refractivity contribution in [2.75, 3.05) is 0 Å². The first-order valence-electron chi connectivity index (χ1n) is 6.55. The zero-order chi connectivity index (χ0) is 13.1. The van der Waals surface area contributed by atoms with Crippen LogP contribution in [0.4, 0.5) is 0 Å². The number of imidazole rings is 1. The van der Waals surface area contributed by atoms with Crippen LogP contribution < -0.4 is 0 Å². The minimum Gasteiger partial charge on any atom is -0.465 e. The molecule has 0 atom stereocenters. The Bertz CT molecular complexity index is 693. The second kappa shape index (κ2) is 5.14. The fourth-order valence-electron chi connectivity index (χ4n) is 2.22. The standard InChI is InChI=1S/C16H16N2O/c1-2-11-18-15-8-4-3-7-14(15)17-16(18)10-9-13-6-5-12-19-13/h3-10,12H,2,11H2,1H3/b10-9+. The molecule has 0 amide bonds. The quantitative estimate of drug-likeness (QED) is 0.696. The number of furan rings is 1. The normalized spacial score (nSPS) is 11.6. The van der Waals surface area contributed by atoms with Gasteiger partial charge in [0.25, 0.3) is 0 Å². The Labute approximate surface area is 112 Å². The Balaban J connectivity index is 2.04. The molecule has 0 saturated heterocycles. The molecule has 96 valence electrons. The van der Waals surface area contributed by atoms with Crippen LogP contribution in [-0.4, -0.2) is 9.55 Å². The highest BCUT2D eigenvalue weighted by atomic mass is 16.3. The molecule has 0 aliphatic rings. The molecule has 0 spiro atoms. The van der Waals surface area contributed by atoms with Gasteiger partial charge in [0, 0.05) is 6.54 Å². The van der Waals surface area contributed by atoms with Gasteiger partial charge in [0.2, 0.25) is 0 Å². The van der Waals surface area contributed by atoms with Crippen molar-refractivity contribution in [3.8, 4) is 0 Å². The van der Waals surface area contributed by atoms with Crippen LogP contribution in [0.5, 0.6) is 0 Å². The summed E-state index contributed by atoms with van der Waals surface area (Å²) in [6.45, 7) is 3.15. The smallest absolute Gasteiger partial charge is 0.133 e. The Kier molecular flexibility index (Phi) is 3.19. The first kappa shape index (κ1) is 11.8. The molecular formula is C16H16N2O. The molecule has 0 radical (unpaired) electrons. The zero-order valence-electron chi connectivity index (χ0n) is 10.9. The van der Waals surface area contributed by atoms with E-state index >= 15 is 0 Å². The Morgan fingerprint density at radius 2 is 2.05 bits per heavy atom. The Morgan fingerprint density at radius 3 is 2.84 bits per heavy atom. The SMILES string of the molecule is CCCn1c(/C=C/c2ccco2)nc2ccccc21. The number of hydrogen-bond acceptors (Lipinski definition) is 2. The summed E-state index contributed by atoms with van der Waals surface area (Å²) in [7, 11) is 0. The van der Waals surface area contributed by atoms with Crippen LogP contribution in [-0.2, 0) is 6.54 Å². The molecule has 2 aromatic heterocycles. The Hall–Kier alpha value is -2.29. The maximum atomic E-state index is 5.31. The number of hydrogen-bond donors (Lipinski definition) is 0. The maximum Gasteiger partial charge on any atom is 0.133 e. The lowest BCUT2D eigenvalue weighted by Crippen LogP contribution is -1.99. The van der Waals surface area contributed by atoms with E-state index in [1.54, 1.807) is 6.26 Å². The van der Waals surface area contributed by atoms with Crippen molar-refractivity contribution in [2.45, 2.75) is 19.9 Å². The van der Waals surface area contributed by atoms with Crippen LogP contribution in [0.15, 0.2) is 47.1 Å². The van der Waals surface area contributed by atoms with Gasteiger partial charge in [-0.15, -0.1) is 0 Å². The third-order valence-corrected chi connectivity index (χ3v) is 3.07. The zero-order valence-corrected chi connectivity index (χ0v) is 10.9. The molecule has 19 heavy (non-hydrogen) atoms. The highest BCUT2D eigenvalue weighted by Gasteiger charge is 2.06. The van der Waals surface area contributed by atoms with E-state index in [-0.39, 0.29) is 0 Å². The van der Waals surface area contributed by atoms with E-state index < -0.39 is 0 Å². The van der Waals surface area contributed by atoms with Crippen LogP contribution >= 0.6 is 0 Å². The Morgan fingerprint density at radius 1 is 1.16 bits per heavy atom. The van der Waals surface area contributed by atoms with Crippen LogP contribution in [0.1, 0.15) is 24.9 Å². The van der Waals surface area contributed by atoms with Crippen molar-refractivity contribution >= 4 is 23.2 Å². The summed E-state index contributed by atoms with van der Waals surface area (Å²) in [6, 6.07) is 12.0. The van der Waals surface area contributed by atoms with Crippen LogP contribution in [0.25, 0.3) is 23.2 Å². The summed E-state index contributed by atoms with van der Waals surface area (Å²) in [5.41, 5.74) is 2.22. The number of fused-ring (bicyclic) bond motifs is 1. The highest BCUT2D eigenvalue weighted by molar-refractivity contribution is 5.79. The number of para-hydroxylation sites is 2. The number of rotatable bonds is 4. The minimum absolute atomic E-state index is 0.843. The molecule has 3 heteroatoms. The first-order valence-corrected chi connectivity index (χ1v) is 6.55. The molecule has 0 unspecified atom stereocenters. The van der Waals surface area contributed by atoms with E-state index in [4.69, 9.17) is 4.42 Å². The highest BCUT2D eigenvalue weighted by Crippen LogP contribution is 2.18. The van der Waals surface area contributed by atoms with E-state index in [0.717, 1.165) is 30.1 Å². The summed E-state index contributed by atoms with van der Waals surface area (Å²) >= 11 is 0. The van der Waals surface area contributed by atoms with Gasteiger partial charge < -0.3 is 8.98 Å². The van der Waals surface area contributed by atoms with Gasteiger partial charge in [-0.3, -0.25) is 0 Å². The largest absolute Gasteiger partial charge is 0.465 e. The molecule has 3 aromatic rings. The molecule has 1 aromatic carbocycles. The summed E-state index contributed by atoms with van der Waals surface area (Å²) in [6.07, 6.45) is 6.72. The van der Waals surface area contributed by atoms with Gasteiger partial charge in [0.1, 0.15) is 11.6 Å². The average Bonchev–Trinajstić information content (AvgIpc) is 3.05. The predicted octanol–water partition coefficient (Wildman–Crippen LogP) is 4.21. The maximum absolute atomic E-state index is 5.31. The van der Waals surface area contributed by atoms with E-state index in [1.165, 1.54) is 5.52 Å². The predicted molar refractivity (Wildman–Crippen MR) is 77.7 cm³/mol. The number of aryl methyl sites for hydroxylation is 1. The molecule has 0 aliphatic carbocycles. The second-order valence-corrected chi connectivity index (χ2v) is 4.46. The summed E-state index contributed by atoms with van der Waals surface area (Å²) < 4.78 is 7.55. The summed E-state index contributed by atoms with van der Waals surface area (Å²) in [5, 5.41) is 0. The molecule has 0 bridgehead atoms. The summed E-state index contributed by atoms with van der Waals surface area (Å²) in [4.78, 5) is 4.67. The fraction of sp³-hybridized carbons (Fsp3) is 0.188. The molecule has 2 heterocycles. The molecule has 0 saturated carbocycles. The molecular weight excluding hydrogens is 236 g/mol. The van der Waals surface area contributed by atoms with Crippen molar-refractivity contribution < 1.29 is 4.42 Å². The van der Waals surface area contributed by atoms with Gasteiger partial charge >= 0.3 is 0 Å². The van der Waals surface area contributed by atoms with E-state index in [0.29, 0.717) is 0 Å². The number of benzene rings is 1. The minimum atomic E-state index is 0.843. The van der Waals surface area contributed by atoms with Crippen molar-refractivity contribution in [2.24, 2.45) is 0 Å². The number of nitrogens with zero attached hydrogens (tertiary/aromatic N) is 2. The van der Waals surface area contributed by atoms with Crippen molar-refractivity contribution in [3.63, 3.8) is 0 Å². The van der Waals surface area contributed by atoms with Gasteiger partial charge in [-0.25, -0.2) is 4.98 Å². The fourth-order valence-corrected chi connectivity index (χ4v) is 2.22. The van der Waals surface area contributed by atoms with Gasteiger partial charge in [0.15, 0.2) is 0 Å². The lowest BCUT2D eigenvalue weighted by molar-refractivity contribution is 0.557. The van der Waals surface area contributed by atoms with Crippen molar-refractivity contribution in [3.05, 3.63) is 54.2 Å². The van der Waals surface area contributed by atoms with E-state index in [9.17, 15) is 0 Å².